The Morgan fingerprint density at radius 1 is 0.971 bits per heavy atom. The predicted octanol–water partition coefficient (Wildman–Crippen LogP) is 6.09. The SMILES string of the molecule is CCc1cc(C(F)(C(F)(F)F)C(F)(F)F)cc(CC)c1NC(=O)c1cc(F)c(C#N)c(N)c1F. The fraction of sp³-hybridized carbons (Fsp3) is 0.333. The fourth-order valence-corrected chi connectivity index (χ4v) is 3.28. The molecule has 2 rings (SSSR count). The quantitative estimate of drug-likeness (QED) is 0.388. The highest BCUT2D eigenvalue weighted by Crippen LogP contribution is 2.54. The van der Waals surface area contributed by atoms with E-state index in [1.807, 2.05) is 0 Å². The molecule has 3 N–H and O–H groups in total. The molecule has 0 aliphatic heterocycles. The molecule has 0 bridgehead atoms. The molecule has 34 heavy (non-hydrogen) atoms. The predicted molar refractivity (Wildman–Crippen MR) is 104 cm³/mol. The van der Waals surface area contributed by atoms with Gasteiger partial charge in [-0.3, -0.25) is 4.79 Å². The molecule has 0 spiro atoms. The van der Waals surface area contributed by atoms with Crippen LogP contribution in [0.1, 0.15) is 46.5 Å². The molecular weight excluding hydrogens is 481 g/mol. The van der Waals surface area contributed by atoms with Gasteiger partial charge in [-0.2, -0.15) is 31.6 Å². The minimum Gasteiger partial charge on any atom is -0.395 e. The molecule has 0 heterocycles. The zero-order valence-electron chi connectivity index (χ0n) is 17.5. The molecule has 0 radical (unpaired) electrons. The number of rotatable bonds is 5. The number of anilines is 2. The molecule has 0 aliphatic carbocycles. The number of nitrogen functional groups attached to an aromatic ring is 1. The first-order chi connectivity index (χ1) is 15.5. The average molecular weight is 497 g/mol. The Balaban J connectivity index is 2.68. The summed E-state index contributed by atoms with van der Waals surface area (Å²) in [6.45, 7) is 2.63. The van der Waals surface area contributed by atoms with Crippen LogP contribution in [-0.4, -0.2) is 18.3 Å². The third kappa shape index (κ3) is 4.36. The van der Waals surface area contributed by atoms with E-state index in [1.165, 1.54) is 19.9 Å². The number of alkyl halides is 7. The van der Waals surface area contributed by atoms with E-state index in [-0.39, 0.29) is 29.7 Å². The normalized spacial score (nSPS) is 12.4. The van der Waals surface area contributed by atoms with Gasteiger partial charge in [0.15, 0.2) is 5.82 Å². The van der Waals surface area contributed by atoms with Gasteiger partial charge in [0.1, 0.15) is 17.4 Å². The second kappa shape index (κ2) is 9.08. The number of amides is 1. The van der Waals surface area contributed by atoms with Gasteiger partial charge in [-0.15, -0.1) is 0 Å². The molecule has 1 amide bonds. The number of nitrogens with one attached hydrogen (secondary N) is 1. The van der Waals surface area contributed by atoms with Crippen LogP contribution in [0.15, 0.2) is 18.2 Å². The third-order valence-electron chi connectivity index (χ3n) is 5.09. The number of nitriles is 1. The summed E-state index contributed by atoms with van der Waals surface area (Å²) < 4.78 is 122. The molecule has 4 nitrogen and oxygen atoms in total. The molecule has 2 aromatic rings. The van der Waals surface area contributed by atoms with Crippen molar-refractivity contribution in [2.75, 3.05) is 11.1 Å². The Kier molecular flexibility index (Phi) is 7.16. The lowest BCUT2D eigenvalue weighted by Gasteiger charge is -2.31. The number of nitrogens with zero attached hydrogens (tertiary/aromatic N) is 1. The van der Waals surface area contributed by atoms with E-state index in [4.69, 9.17) is 11.0 Å². The van der Waals surface area contributed by atoms with Crippen LogP contribution in [-0.2, 0) is 18.5 Å². The molecule has 0 saturated heterocycles. The molecule has 0 fully saturated rings. The van der Waals surface area contributed by atoms with Crippen LogP contribution < -0.4 is 11.1 Å². The Bertz CT molecular complexity index is 1130. The summed E-state index contributed by atoms with van der Waals surface area (Å²) in [6.07, 6.45) is -13.2. The van der Waals surface area contributed by atoms with E-state index in [1.54, 1.807) is 0 Å². The average Bonchev–Trinajstić information content (AvgIpc) is 2.74. The summed E-state index contributed by atoms with van der Waals surface area (Å²) >= 11 is 0. The maximum atomic E-state index is 14.6. The van der Waals surface area contributed by atoms with E-state index in [2.05, 4.69) is 5.32 Å². The van der Waals surface area contributed by atoms with E-state index in [9.17, 15) is 44.3 Å². The first-order valence-electron chi connectivity index (χ1n) is 9.52. The van der Waals surface area contributed by atoms with Crippen molar-refractivity contribution in [3.63, 3.8) is 0 Å². The van der Waals surface area contributed by atoms with Crippen molar-refractivity contribution in [1.82, 2.24) is 0 Å². The summed E-state index contributed by atoms with van der Waals surface area (Å²) in [5, 5.41) is 10.9. The highest BCUT2D eigenvalue weighted by atomic mass is 19.4. The molecule has 0 saturated carbocycles. The van der Waals surface area contributed by atoms with Gasteiger partial charge in [0.2, 0.25) is 0 Å². The Morgan fingerprint density at radius 2 is 1.44 bits per heavy atom. The number of benzene rings is 2. The van der Waals surface area contributed by atoms with Crippen molar-refractivity contribution in [2.24, 2.45) is 0 Å². The molecule has 184 valence electrons. The summed E-state index contributed by atoms with van der Waals surface area (Å²) in [7, 11) is 0. The van der Waals surface area contributed by atoms with Crippen LogP contribution in [0.5, 0.6) is 0 Å². The first kappa shape index (κ1) is 26.8. The van der Waals surface area contributed by atoms with E-state index >= 15 is 0 Å². The van der Waals surface area contributed by atoms with Gasteiger partial charge in [0, 0.05) is 11.3 Å². The number of nitrogens with two attached hydrogens (primary N) is 1. The number of hydrogen-bond donors (Lipinski definition) is 2. The van der Waals surface area contributed by atoms with Gasteiger partial charge >= 0.3 is 18.0 Å². The van der Waals surface area contributed by atoms with Gasteiger partial charge in [-0.25, -0.2) is 13.2 Å². The zero-order chi connectivity index (χ0) is 26.2. The third-order valence-corrected chi connectivity index (χ3v) is 5.09. The highest BCUT2D eigenvalue weighted by Gasteiger charge is 2.73. The summed E-state index contributed by atoms with van der Waals surface area (Å²) in [6, 6.07) is 2.29. The highest BCUT2D eigenvalue weighted by molar-refractivity contribution is 6.06. The van der Waals surface area contributed by atoms with Gasteiger partial charge < -0.3 is 11.1 Å². The van der Waals surface area contributed by atoms with E-state index < -0.39 is 57.9 Å². The minimum atomic E-state index is -6.34. The van der Waals surface area contributed by atoms with E-state index in [0.29, 0.717) is 18.2 Å². The zero-order valence-corrected chi connectivity index (χ0v) is 17.5. The van der Waals surface area contributed by atoms with Gasteiger partial charge in [-0.1, -0.05) is 13.8 Å². The van der Waals surface area contributed by atoms with Crippen molar-refractivity contribution in [2.45, 2.75) is 44.7 Å². The lowest BCUT2D eigenvalue weighted by Crippen LogP contribution is -2.50. The van der Waals surface area contributed by atoms with Crippen LogP contribution >= 0.6 is 0 Å². The maximum Gasteiger partial charge on any atom is 0.435 e. The number of halogens is 9. The first-order valence-corrected chi connectivity index (χ1v) is 9.52. The monoisotopic (exact) mass is 497 g/mol. The second-order valence-corrected chi connectivity index (χ2v) is 7.11. The maximum absolute atomic E-state index is 14.6. The molecule has 2 aromatic carbocycles. The van der Waals surface area contributed by atoms with Gasteiger partial charge in [-0.05, 0) is 42.2 Å². The number of hydrogen-bond acceptors (Lipinski definition) is 3. The second-order valence-electron chi connectivity index (χ2n) is 7.11. The lowest BCUT2D eigenvalue weighted by molar-refractivity contribution is -0.348. The van der Waals surface area contributed by atoms with Crippen molar-refractivity contribution in [3.8, 4) is 6.07 Å². The summed E-state index contributed by atoms with van der Waals surface area (Å²) in [5.74, 6) is -4.13. The lowest BCUT2D eigenvalue weighted by atomic mass is 9.88. The standard InChI is InChI=1S/C21H16F9N3O/c1-3-9-5-11(19(24,20(25,26)27)21(28,29)30)6-10(4-2)17(9)33-18(34)12-7-14(22)13(8-31)16(32)15(12)23/h5-7H,3-4,32H2,1-2H3,(H,33,34). The molecule has 0 unspecified atom stereocenters. The van der Waals surface area contributed by atoms with Crippen LogP contribution in [0.4, 0.5) is 50.9 Å². The van der Waals surface area contributed by atoms with E-state index in [0.717, 1.165) is 0 Å². The van der Waals surface area contributed by atoms with Crippen molar-refractivity contribution in [3.05, 3.63) is 57.7 Å². The summed E-state index contributed by atoms with van der Waals surface area (Å²) in [4.78, 5) is 12.6. The van der Waals surface area contributed by atoms with Gasteiger partial charge in [0.25, 0.3) is 5.91 Å². The van der Waals surface area contributed by atoms with Crippen LogP contribution in [0.2, 0.25) is 0 Å². The molecule has 0 aliphatic rings. The Hall–Kier alpha value is -3.43. The van der Waals surface area contributed by atoms with Crippen molar-refractivity contribution < 1.29 is 44.3 Å². The molecular formula is C21H16F9N3O. The largest absolute Gasteiger partial charge is 0.435 e. The van der Waals surface area contributed by atoms with Crippen molar-refractivity contribution in [1.29, 1.82) is 5.26 Å². The van der Waals surface area contributed by atoms with Crippen LogP contribution in [0.3, 0.4) is 0 Å². The molecule has 0 atom stereocenters. The molecule has 13 heteroatoms. The van der Waals surface area contributed by atoms with Crippen LogP contribution in [0, 0.1) is 23.0 Å². The number of carbonyl (C=O) groups is 1. The molecule has 0 aromatic heterocycles. The number of aryl methyl sites for hydroxylation is 2. The van der Waals surface area contributed by atoms with Crippen molar-refractivity contribution >= 4 is 17.3 Å². The summed E-state index contributed by atoms with van der Waals surface area (Å²) in [5.41, 5.74) is -5.84. The Morgan fingerprint density at radius 3 is 1.82 bits per heavy atom. The minimum absolute atomic E-state index is 0.255. The topological polar surface area (TPSA) is 78.9 Å². The number of carbonyl (C=O) groups excluding carboxylic acids is 1. The van der Waals surface area contributed by atoms with Crippen LogP contribution in [0.25, 0.3) is 0 Å². The fourth-order valence-electron chi connectivity index (χ4n) is 3.28. The van der Waals surface area contributed by atoms with Gasteiger partial charge in [0.05, 0.1) is 11.3 Å². The smallest absolute Gasteiger partial charge is 0.395 e. The Labute approximate surface area is 187 Å².